The van der Waals surface area contributed by atoms with Crippen molar-refractivity contribution < 1.29 is 14.4 Å². The highest BCUT2D eigenvalue weighted by atomic mass is 32.2. The van der Waals surface area contributed by atoms with Crippen LogP contribution in [0.3, 0.4) is 0 Å². The molecule has 0 aromatic carbocycles. The van der Waals surface area contributed by atoms with Crippen molar-refractivity contribution in [1.82, 2.24) is 30.3 Å². The van der Waals surface area contributed by atoms with Crippen LogP contribution in [0.2, 0.25) is 0 Å². The number of nitrogens with one attached hydrogen (secondary N) is 2. The van der Waals surface area contributed by atoms with Gasteiger partial charge in [-0.15, -0.1) is 10.2 Å². The summed E-state index contributed by atoms with van der Waals surface area (Å²) in [5, 5.41) is 14.2. The average molecular weight is 397 g/mol. The van der Waals surface area contributed by atoms with Crippen LogP contribution in [0.15, 0.2) is 5.16 Å². The molecule has 9 nitrogen and oxygen atoms in total. The molecule has 0 radical (unpaired) electrons. The van der Waals surface area contributed by atoms with Crippen molar-refractivity contribution in [3.63, 3.8) is 0 Å². The van der Waals surface area contributed by atoms with Gasteiger partial charge in [-0.3, -0.25) is 14.4 Å². The van der Waals surface area contributed by atoms with E-state index in [0.717, 1.165) is 31.6 Å². The number of likely N-dealkylation sites (tertiary alicyclic amines) is 1. The summed E-state index contributed by atoms with van der Waals surface area (Å²) in [6.45, 7) is 6.17. The van der Waals surface area contributed by atoms with Crippen molar-refractivity contribution in [1.29, 1.82) is 0 Å². The van der Waals surface area contributed by atoms with Crippen LogP contribution in [0.4, 0.5) is 0 Å². The smallest absolute Gasteiger partial charge is 0.239 e. The Labute approximate surface area is 163 Å². The summed E-state index contributed by atoms with van der Waals surface area (Å²) < 4.78 is 1.93. The second-order valence-corrected chi connectivity index (χ2v) is 7.23. The fourth-order valence-electron chi connectivity index (χ4n) is 2.86. The number of amides is 3. The number of thioether (sulfide) groups is 1. The van der Waals surface area contributed by atoms with Crippen LogP contribution in [0.1, 0.15) is 45.4 Å². The van der Waals surface area contributed by atoms with Crippen LogP contribution < -0.4 is 10.6 Å². The summed E-state index contributed by atoms with van der Waals surface area (Å²) in [6.07, 6.45) is 3.63. The van der Waals surface area contributed by atoms with Gasteiger partial charge < -0.3 is 20.1 Å². The van der Waals surface area contributed by atoms with Crippen molar-refractivity contribution in [3.05, 3.63) is 5.82 Å². The van der Waals surface area contributed by atoms with Crippen LogP contribution in [-0.4, -0.2) is 62.8 Å². The summed E-state index contributed by atoms with van der Waals surface area (Å²) in [6, 6.07) is 0. The number of nitrogens with zero attached hydrogens (tertiary/aromatic N) is 4. The molecule has 1 aliphatic rings. The molecular formula is C17H28N6O3S. The molecule has 0 atom stereocenters. The second kappa shape index (κ2) is 10.9. The molecule has 2 N–H and O–H groups in total. The topological polar surface area (TPSA) is 109 Å². The van der Waals surface area contributed by atoms with E-state index in [-0.39, 0.29) is 30.0 Å². The monoisotopic (exact) mass is 396 g/mol. The van der Waals surface area contributed by atoms with E-state index in [1.165, 1.54) is 11.8 Å². The van der Waals surface area contributed by atoms with Crippen molar-refractivity contribution in [2.75, 3.05) is 25.4 Å². The highest BCUT2D eigenvalue weighted by molar-refractivity contribution is 7.99. The number of carbonyl (C=O) groups is 3. The predicted molar refractivity (Wildman–Crippen MR) is 102 cm³/mol. The third-order valence-corrected chi connectivity index (χ3v) is 5.23. The molecule has 2 heterocycles. The molecule has 1 aromatic rings. The predicted octanol–water partition coefficient (Wildman–Crippen LogP) is 0.545. The molecule has 1 fully saturated rings. The molecule has 0 aliphatic carbocycles. The lowest BCUT2D eigenvalue weighted by molar-refractivity contribution is -0.131. The van der Waals surface area contributed by atoms with E-state index in [9.17, 15) is 14.4 Å². The van der Waals surface area contributed by atoms with Gasteiger partial charge in [0.2, 0.25) is 17.7 Å². The number of aromatic nitrogens is 3. The van der Waals surface area contributed by atoms with Crippen molar-refractivity contribution in [3.8, 4) is 0 Å². The molecule has 2 rings (SSSR count). The molecule has 0 bridgehead atoms. The zero-order valence-corrected chi connectivity index (χ0v) is 16.8. The van der Waals surface area contributed by atoms with Crippen LogP contribution in [-0.2, 0) is 27.5 Å². The SMILES string of the molecule is CCNC(=O)CNC(=O)CSc1nnc(CN2CCCCCC2=O)n1CC. The molecular weight excluding hydrogens is 368 g/mol. The standard InChI is InChI=1S/C17H28N6O3S/c1-3-18-14(24)10-19-15(25)12-27-17-21-20-13(23(17)4-2)11-22-9-7-5-6-8-16(22)26/h3-12H2,1-2H3,(H,18,24)(H,19,25). The van der Waals surface area contributed by atoms with E-state index in [0.29, 0.717) is 31.2 Å². The minimum absolute atomic E-state index is 0.0317. The number of carbonyl (C=O) groups excluding carboxylic acids is 3. The second-order valence-electron chi connectivity index (χ2n) is 6.29. The quantitative estimate of drug-likeness (QED) is 0.590. The van der Waals surface area contributed by atoms with E-state index in [1.807, 2.05) is 23.3 Å². The Morgan fingerprint density at radius 2 is 1.93 bits per heavy atom. The molecule has 10 heteroatoms. The molecule has 150 valence electrons. The Kier molecular flexibility index (Phi) is 8.56. The van der Waals surface area contributed by atoms with Gasteiger partial charge in [-0.2, -0.15) is 0 Å². The van der Waals surface area contributed by atoms with Crippen LogP contribution >= 0.6 is 11.8 Å². The first-order valence-corrected chi connectivity index (χ1v) is 10.4. The Morgan fingerprint density at radius 3 is 2.67 bits per heavy atom. The van der Waals surface area contributed by atoms with Crippen molar-refractivity contribution >= 4 is 29.5 Å². The Bertz CT molecular complexity index is 663. The van der Waals surface area contributed by atoms with E-state index in [4.69, 9.17) is 0 Å². The van der Waals surface area contributed by atoms with Gasteiger partial charge >= 0.3 is 0 Å². The molecule has 27 heavy (non-hydrogen) atoms. The van der Waals surface area contributed by atoms with Crippen LogP contribution in [0, 0.1) is 0 Å². The maximum Gasteiger partial charge on any atom is 0.239 e. The third kappa shape index (κ3) is 6.53. The molecule has 1 saturated heterocycles. The lowest BCUT2D eigenvalue weighted by Gasteiger charge is -2.20. The number of hydrogen-bond acceptors (Lipinski definition) is 6. The van der Waals surface area contributed by atoms with Gasteiger partial charge in [0.15, 0.2) is 11.0 Å². The lowest BCUT2D eigenvalue weighted by atomic mass is 10.2. The third-order valence-electron chi connectivity index (χ3n) is 4.27. The zero-order chi connectivity index (χ0) is 19.6. The van der Waals surface area contributed by atoms with Gasteiger partial charge in [0.05, 0.1) is 18.8 Å². The zero-order valence-electron chi connectivity index (χ0n) is 16.0. The van der Waals surface area contributed by atoms with E-state index < -0.39 is 0 Å². The summed E-state index contributed by atoms with van der Waals surface area (Å²) >= 11 is 1.27. The summed E-state index contributed by atoms with van der Waals surface area (Å²) in [7, 11) is 0. The average Bonchev–Trinajstić information content (AvgIpc) is 2.93. The highest BCUT2D eigenvalue weighted by Crippen LogP contribution is 2.19. The first-order valence-electron chi connectivity index (χ1n) is 9.41. The molecule has 0 unspecified atom stereocenters. The van der Waals surface area contributed by atoms with Crippen LogP contribution in [0.25, 0.3) is 0 Å². The lowest BCUT2D eigenvalue weighted by Crippen LogP contribution is -2.37. The Balaban J connectivity index is 1.90. The molecule has 0 spiro atoms. The molecule has 3 amide bonds. The van der Waals surface area contributed by atoms with Gasteiger partial charge in [-0.25, -0.2) is 0 Å². The fourth-order valence-corrected chi connectivity index (χ4v) is 3.71. The minimum atomic E-state index is -0.235. The largest absolute Gasteiger partial charge is 0.355 e. The summed E-state index contributed by atoms with van der Waals surface area (Å²) in [4.78, 5) is 37.3. The fraction of sp³-hybridized carbons (Fsp3) is 0.706. The minimum Gasteiger partial charge on any atom is -0.355 e. The van der Waals surface area contributed by atoms with Crippen LogP contribution in [0.5, 0.6) is 0 Å². The number of hydrogen-bond donors (Lipinski definition) is 2. The maximum absolute atomic E-state index is 12.2. The number of likely N-dealkylation sites (N-methyl/N-ethyl adjacent to an activating group) is 1. The Morgan fingerprint density at radius 1 is 1.11 bits per heavy atom. The van der Waals surface area contributed by atoms with E-state index in [2.05, 4.69) is 20.8 Å². The maximum atomic E-state index is 12.2. The molecule has 0 saturated carbocycles. The van der Waals surface area contributed by atoms with Gasteiger partial charge in [0.25, 0.3) is 0 Å². The first kappa shape index (κ1) is 21.2. The summed E-state index contributed by atoms with van der Waals surface area (Å²) in [5.74, 6) is 0.605. The van der Waals surface area contributed by atoms with Gasteiger partial charge in [-0.1, -0.05) is 18.2 Å². The van der Waals surface area contributed by atoms with Gasteiger partial charge in [-0.05, 0) is 26.7 Å². The number of rotatable bonds is 9. The van der Waals surface area contributed by atoms with Crippen molar-refractivity contribution in [2.24, 2.45) is 0 Å². The van der Waals surface area contributed by atoms with Crippen molar-refractivity contribution in [2.45, 2.75) is 57.8 Å². The molecule has 1 aromatic heterocycles. The van der Waals surface area contributed by atoms with Gasteiger partial charge in [0.1, 0.15) is 0 Å². The molecule has 1 aliphatic heterocycles. The Hall–Kier alpha value is -2.10. The first-order chi connectivity index (χ1) is 13.0. The summed E-state index contributed by atoms with van der Waals surface area (Å²) in [5.41, 5.74) is 0. The normalized spacial score (nSPS) is 14.7. The van der Waals surface area contributed by atoms with Gasteiger partial charge in [0, 0.05) is 26.1 Å². The van der Waals surface area contributed by atoms with E-state index >= 15 is 0 Å². The van der Waals surface area contributed by atoms with E-state index in [1.54, 1.807) is 0 Å². The highest BCUT2D eigenvalue weighted by Gasteiger charge is 2.21.